The van der Waals surface area contributed by atoms with E-state index in [0.29, 0.717) is 11.6 Å². The third-order valence-electron chi connectivity index (χ3n) is 3.37. The van der Waals surface area contributed by atoms with E-state index >= 15 is 0 Å². The zero-order valence-electron chi connectivity index (χ0n) is 10.3. The highest BCUT2D eigenvalue weighted by molar-refractivity contribution is 9.10. The second-order valence-corrected chi connectivity index (χ2v) is 5.73. The van der Waals surface area contributed by atoms with Crippen LogP contribution in [0.3, 0.4) is 0 Å². The predicted octanol–water partition coefficient (Wildman–Crippen LogP) is 3.10. The number of rotatable bonds is 3. The van der Waals surface area contributed by atoms with Gasteiger partial charge in [-0.25, -0.2) is 0 Å². The van der Waals surface area contributed by atoms with E-state index in [4.69, 9.17) is 11.6 Å². The number of benzene rings is 1. The molecule has 0 saturated carbocycles. The van der Waals surface area contributed by atoms with Gasteiger partial charge in [0.25, 0.3) is 0 Å². The minimum atomic E-state index is -0.957. The topological polar surface area (TPSA) is 57.6 Å². The van der Waals surface area contributed by atoms with E-state index in [1.807, 2.05) is 6.92 Å². The maximum Gasteiger partial charge on any atom is 0.309 e. The number of amides is 1. The molecule has 2 unspecified atom stereocenters. The normalized spacial score (nSPS) is 22.9. The number of carboxylic acid groups (broad SMARTS) is 1. The summed E-state index contributed by atoms with van der Waals surface area (Å²) in [5, 5.41) is 9.83. The smallest absolute Gasteiger partial charge is 0.309 e. The van der Waals surface area contributed by atoms with E-state index in [2.05, 4.69) is 15.9 Å². The van der Waals surface area contributed by atoms with Gasteiger partial charge in [-0.3, -0.25) is 9.59 Å². The first kappa shape index (κ1) is 14.3. The summed E-state index contributed by atoms with van der Waals surface area (Å²) in [5.74, 6) is -1.82. The van der Waals surface area contributed by atoms with Crippen LogP contribution >= 0.6 is 27.5 Å². The van der Waals surface area contributed by atoms with Crippen LogP contribution in [0.5, 0.6) is 0 Å². The van der Waals surface area contributed by atoms with E-state index < -0.39 is 17.9 Å². The zero-order valence-corrected chi connectivity index (χ0v) is 12.6. The first-order valence-electron chi connectivity index (χ1n) is 5.93. The maximum absolute atomic E-state index is 11.9. The van der Waals surface area contributed by atoms with Gasteiger partial charge >= 0.3 is 5.97 Å². The lowest BCUT2D eigenvalue weighted by Crippen LogP contribution is -2.30. The van der Waals surface area contributed by atoms with Gasteiger partial charge in [-0.1, -0.05) is 27.5 Å². The summed E-state index contributed by atoms with van der Waals surface area (Å²) in [6.45, 7) is 2.32. The van der Waals surface area contributed by atoms with E-state index in [0.717, 1.165) is 10.0 Å². The van der Waals surface area contributed by atoms with E-state index in [1.165, 1.54) is 0 Å². The number of hydrogen-bond donors (Lipinski definition) is 1. The number of nitrogens with zero attached hydrogens (tertiary/aromatic N) is 1. The highest BCUT2D eigenvalue weighted by Gasteiger charge is 2.44. The van der Waals surface area contributed by atoms with Crippen LogP contribution in [0.25, 0.3) is 0 Å². The van der Waals surface area contributed by atoms with Crippen molar-refractivity contribution in [2.45, 2.75) is 19.4 Å². The minimum Gasteiger partial charge on any atom is -0.481 e. The van der Waals surface area contributed by atoms with Gasteiger partial charge in [0, 0.05) is 22.5 Å². The number of carbonyl (C=O) groups is 2. The summed E-state index contributed by atoms with van der Waals surface area (Å²) in [5.41, 5.74) is 0.743. The third-order valence-corrected chi connectivity index (χ3v) is 4.32. The second kappa shape index (κ2) is 5.51. The van der Waals surface area contributed by atoms with E-state index in [9.17, 15) is 14.7 Å². The molecule has 0 spiro atoms. The van der Waals surface area contributed by atoms with Crippen LogP contribution in [-0.2, 0) is 9.59 Å². The zero-order chi connectivity index (χ0) is 14.2. The van der Waals surface area contributed by atoms with Crippen LogP contribution in [0.1, 0.15) is 24.9 Å². The molecule has 2 atom stereocenters. The van der Waals surface area contributed by atoms with Crippen molar-refractivity contribution >= 4 is 39.4 Å². The molecule has 4 nitrogen and oxygen atoms in total. The van der Waals surface area contributed by atoms with Crippen LogP contribution in [0.4, 0.5) is 0 Å². The molecule has 1 saturated heterocycles. The molecular formula is C13H13BrClNO3. The quantitative estimate of drug-likeness (QED) is 0.915. The molecule has 19 heavy (non-hydrogen) atoms. The van der Waals surface area contributed by atoms with Crippen LogP contribution in [0.2, 0.25) is 5.02 Å². The number of carboxylic acids is 1. The standard InChI is InChI=1S/C13H13BrClNO3/c1-2-16-11(17)6-9(13(18)19)12(16)8-5-7(15)3-4-10(8)14/h3-5,9,12H,2,6H2,1H3,(H,18,19). The highest BCUT2D eigenvalue weighted by Crippen LogP contribution is 2.41. The second-order valence-electron chi connectivity index (χ2n) is 4.44. The molecule has 6 heteroatoms. The Morgan fingerprint density at radius 3 is 2.84 bits per heavy atom. The van der Waals surface area contributed by atoms with Crippen molar-refractivity contribution in [1.82, 2.24) is 4.90 Å². The van der Waals surface area contributed by atoms with Gasteiger partial charge in [-0.2, -0.15) is 0 Å². The third kappa shape index (κ3) is 2.62. The van der Waals surface area contributed by atoms with Gasteiger partial charge in [-0.15, -0.1) is 0 Å². The summed E-state index contributed by atoms with van der Waals surface area (Å²) in [4.78, 5) is 24.9. The van der Waals surface area contributed by atoms with Crippen LogP contribution < -0.4 is 0 Å². The average molecular weight is 347 g/mol. The van der Waals surface area contributed by atoms with Crippen LogP contribution in [0, 0.1) is 5.92 Å². The van der Waals surface area contributed by atoms with Crippen molar-refractivity contribution in [1.29, 1.82) is 0 Å². The predicted molar refractivity (Wildman–Crippen MR) is 75.0 cm³/mol. The molecule has 1 amide bonds. The van der Waals surface area contributed by atoms with Crippen molar-refractivity contribution in [2.75, 3.05) is 6.54 Å². The average Bonchev–Trinajstić information content (AvgIpc) is 2.69. The molecule has 0 aromatic heterocycles. The van der Waals surface area contributed by atoms with Crippen molar-refractivity contribution in [3.05, 3.63) is 33.3 Å². The van der Waals surface area contributed by atoms with Crippen molar-refractivity contribution in [3.63, 3.8) is 0 Å². The minimum absolute atomic E-state index is 0.0345. The Kier molecular flexibility index (Phi) is 4.16. The molecule has 1 aromatic carbocycles. The Labute approximate surface area is 124 Å². The molecule has 1 N–H and O–H groups in total. The highest BCUT2D eigenvalue weighted by atomic mass is 79.9. The van der Waals surface area contributed by atoms with Gasteiger partial charge in [0.2, 0.25) is 5.91 Å². The Hall–Kier alpha value is -1.07. The lowest BCUT2D eigenvalue weighted by Gasteiger charge is -2.27. The fourth-order valence-corrected chi connectivity index (χ4v) is 3.17. The van der Waals surface area contributed by atoms with Crippen molar-refractivity contribution in [3.8, 4) is 0 Å². The maximum atomic E-state index is 11.9. The fourth-order valence-electron chi connectivity index (χ4n) is 2.51. The van der Waals surface area contributed by atoms with Crippen molar-refractivity contribution in [2.24, 2.45) is 5.92 Å². The number of likely N-dealkylation sites (tertiary alicyclic amines) is 1. The van der Waals surface area contributed by atoms with Gasteiger partial charge in [0.05, 0.1) is 12.0 Å². The first-order chi connectivity index (χ1) is 8.95. The molecule has 0 aliphatic carbocycles. The van der Waals surface area contributed by atoms with Gasteiger partial charge in [0.1, 0.15) is 0 Å². The number of hydrogen-bond acceptors (Lipinski definition) is 2. The monoisotopic (exact) mass is 345 g/mol. The largest absolute Gasteiger partial charge is 0.481 e. The Bertz CT molecular complexity index is 535. The van der Waals surface area contributed by atoms with Crippen molar-refractivity contribution < 1.29 is 14.7 Å². The molecule has 1 fully saturated rings. The van der Waals surface area contributed by atoms with Crippen LogP contribution in [-0.4, -0.2) is 28.4 Å². The molecule has 1 aliphatic heterocycles. The summed E-state index contributed by atoms with van der Waals surface area (Å²) in [6, 6.07) is 4.74. The number of aliphatic carboxylic acids is 1. The molecule has 0 bridgehead atoms. The summed E-state index contributed by atoms with van der Waals surface area (Å²) >= 11 is 9.38. The Morgan fingerprint density at radius 1 is 1.58 bits per heavy atom. The molecule has 102 valence electrons. The molecule has 0 radical (unpaired) electrons. The summed E-state index contributed by atoms with van der Waals surface area (Å²) < 4.78 is 0.765. The molecule has 2 rings (SSSR count). The van der Waals surface area contributed by atoms with E-state index in [1.54, 1.807) is 23.1 Å². The Morgan fingerprint density at radius 2 is 2.26 bits per heavy atom. The summed E-state index contributed by atoms with van der Waals surface area (Å²) in [7, 11) is 0. The first-order valence-corrected chi connectivity index (χ1v) is 7.10. The lowest BCUT2D eigenvalue weighted by molar-refractivity contribution is -0.142. The summed E-state index contributed by atoms with van der Waals surface area (Å²) in [6.07, 6.45) is 0.0345. The fraction of sp³-hybridized carbons (Fsp3) is 0.385. The van der Waals surface area contributed by atoms with Gasteiger partial charge in [0.15, 0.2) is 0 Å². The molecule has 1 heterocycles. The van der Waals surface area contributed by atoms with Gasteiger partial charge < -0.3 is 10.0 Å². The SMILES string of the molecule is CCN1C(=O)CC(C(=O)O)C1c1cc(Cl)ccc1Br. The Balaban J connectivity index is 2.51. The molecular weight excluding hydrogens is 334 g/mol. The van der Waals surface area contributed by atoms with Gasteiger partial charge in [-0.05, 0) is 30.7 Å². The number of halogens is 2. The molecule has 1 aliphatic rings. The molecule has 1 aromatic rings. The number of carbonyl (C=O) groups excluding carboxylic acids is 1. The van der Waals surface area contributed by atoms with Crippen LogP contribution in [0.15, 0.2) is 22.7 Å². The lowest BCUT2D eigenvalue weighted by atomic mass is 9.94. The van der Waals surface area contributed by atoms with E-state index in [-0.39, 0.29) is 12.3 Å².